The van der Waals surface area contributed by atoms with E-state index in [1.807, 2.05) is 18.2 Å². The summed E-state index contributed by atoms with van der Waals surface area (Å²) >= 11 is 0. The van der Waals surface area contributed by atoms with Crippen LogP contribution in [0.3, 0.4) is 0 Å². The number of aromatic nitrogens is 2. The lowest BCUT2D eigenvalue weighted by molar-refractivity contribution is -0.140. The van der Waals surface area contributed by atoms with Gasteiger partial charge in [-0.15, -0.1) is 0 Å². The van der Waals surface area contributed by atoms with E-state index in [1.165, 1.54) is 7.11 Å². The van der Waals surface area contributed by atoms with Crippen LogP contribution in [0.15, 0.2) is 28.8 Å². The zero-order chi connectivity index (χ0) is 13.7. The third kappa shape index (κ3) is 3.38. The average molecular weight is 262 g/mol. The molecule has 1 aromatic carbocycles. The van der Waals surface area contributed by atoms with E-state index in [-0.39, 0.29) is 19.0 Å². The molecule has 0 bridgehead atoms. The zero-order valence-electron chi connectivity index (χ0n) is 10.5. The second-order valence-corrected chi connectivity index (χ2v) is 3.95. The SMILES string of the molecule is COC(=O)CCc1nc(-c2cccc(CO)c2)no1. The molecule has 0 atom stereocenters. The van der Waals surface area contributed by atoms with E-state index in [0.29, 0.717) is 18.1 Å². The summed E-state index contributed by atoms with van der Waals surface area (Å²) < 4.78 is 9.59. The van der Waals surface area contributed by atoms with Crippen LogP contribution in [0.1, 0.15) is 17.9 Å². The van der Waals surface area contributed by atoms with Crippen molar-refractivity contribution in [2.75, 3.05) is 7.11 Å². The number of benzene rings is 1. The fourth-order valence-corrected chi connectivity index (χ4v) is 1.59. The predicted octanol–water partition coefficient (Wildman–Crippen LogP) is 1.33. The van der Waals surface area contributed by atoms with E-state index in [4.69, 9.17) is 9.63 Å². The molecule has 0 unspecified atom stereocenters. The maximum Gasteiger partial charge on any atom is 0.306 e. The molecule has 0 aliphatic heterocycles. The first-order valence-electron chi connectivity index (χ1n) is 5.82. The van der Waals surface area contributed by atoms with Crippen molar-refractivity contribution in [1.29, 1.82) is 0 Å². The first-order valence-corrected chi connectivity index (χ1v) is 5.82. The fraction of sp³-hybridized carbons (Fsp3) is 0.308. The van der Waals surface area contributed by atoms with E-state index in [1.54, 1.807) is 6.07 Å². The Morgan fingerprint density at radius 2 is 2.32 bits per heavy atom. The minimum Gasteiger partial charge on any atom is -0.469 e. The topological polar surface area (TPSA) is 85.5 Å². The maximum atomic E-state index is 11.0. The molecule has 0 amide bonds. The van der Waals surface area contributed by atoms with Crippen molar-refractivity contribution in [3.05, 3.63) is 35.7 Å². The van der Waals surface area contributed by atoms with Gasteiger partial charge in [-0.3, -0.25) is 4.79 Å². The van der Waals surface area contributed by atoms with Crippen LogP contribution in [0.4, 0.5) is 0 Å². The molecule has 0 radical (unpaired) electrons. The molecule has 2 aromatic rings. The van der Waals surface area contributed by atoms with Gasteiger partial charge in [-0.05, 0) is 11.6 Å². The number of rotatable bonds is 5. The molecule has 0 spiro atoms. The Labute approximate surface area is 110 Å². The van der Waals surface area contributed by atoms with Crippen molar-refractivity contribution in [2.45, 2.75) is 19.4 Å². The summed E-state index contributed by atoms with van der Waals surface area (Å²) in [5.74, 6) is 0.506. The molecule has 1 heterocycles. The highest BCUT2D eigenvalue weighted by atomic mass is 16.5. The minimum atomic E-state index is -0.318. The third-order valence-electron chi connectivity index (χ3n) is 2.61. The molecule has 0 aliphatic carbocycles. The Morgan fingerprint density at radius 1 is 1.47 bits per heavy atom. The number of esters is 1. The summed E-state index contributed by atoms with van der Waals surface area (Å²) in [4.78, 5) is 15.2. The van der Waals surface area contributed by atoms with Crippen molar-refractivity contribution < 1.29 is 19.2 Å². The van der Waals surface area contributed by atoms with E-state index < -0.39 is 0 Å². The number of aryl methyl sites for hydroxylation is 1. The van der Waals surface area contributed by atoms with Gasteiger partial charge < -0.3 is 14.4 Å². The standard InChI is InChI=1S/C13H14N2O4/c1-18-12(17)6-5-11-14-13(15-19-11)10-4-2-3-9(7-10)8-16/h2-4,7,16H,5-6,8H2,1H3. The first kappa shape index (κ1) is 13.2. The molecular formula is C13H14N2O4. The molecule has 6 heteroatoms. The quantitative estimate of drug-likeness (QED) is 0.818. The number of hydrogen-bond donors (Lipinski definition) is 1. The third-order valence-corrected chi connectivity index (χ3v) is 2.61. The summed E-state index contributed by atoms with van der Waals surface area (Å²) in [5, 5.41) is 12.9. The fourth-order valence-electron chi connectivity index (χ4n) is 1.59. The number of carbonyl (C=O) groups excluding carboxylic acids is 1. The van der Waals surface area contributed by atoms with Gasteiger partial charge in [-0.1, -0.05) is 23.4 Å². The number of nitrogens with zero attached hydrogens (tertiary/aromatic N) is 2. The predicted molar refractivity (Wildman–Crippen MR) is 66.0 cm³/mol. The van der Waals surface area contributed by atoms with Crippen LogP contribution in [0.5, 0.6) is 0 Å². The van der Waals surface area contributed by atoms with Crippen LogP contribution < -0.4 is 0 Å². The van der Waals surface area contributed by atoms with Crippen molar-refractivity contribution in [1.82, 2.24) is 10.1 Å². The van der Waals surface area contributed by atoms with Gasteiger partial charge in [0, 0.05) is 12.0 Å². The monoisotopic (exact) mass is 262 g/mol. The molecule has 0 fully saturated rings. The Hall–Kier alpha value is -2.21. The highest BCUT2D eigenvalue weighted by molar-refractivity contribution is 5.69. The maximum absolute atomic E-state index is 11.0. The number of ether oxygens (including phenoxy) is 1. The largest absolute Gasteiger partial charge is 0.469 e. The smallest absolute Gasteiger partial charge is 0.306 e. The summed E-state index contributed by atoms with van der Waals surface area (Å²) in [6.45, 7) is -0.0408. The Bertz CT molecular complexity index is 565. The highest BCUT2D eigenvalue weighted by Crippen LogP contribution is 2.17. The average Bonchev–Trinajstić information content (AvgIpc) is 2.93. The minimum absolute atomic E-state index is 0.0408. The normalized spacial score (nSPS) is 10.4. The van der Waals surface area contributed by atoms with Gasteiger partial charge in [0.2, 0.25) is 11.7 Å². The molecule has 100 valence electrons. The lowest BCUT2D eigenvalue weighted by Gasteiger charge is -1.97. The number of hydrogen-bond acceptors (Lipinski definition) is 6. The molecule has 0 aliphatic rings. The summed E-state index contributed by atoms with van der Waals surface area (Å²) in [5.41, 5.74) is 1.54. The van der Waals surface area contributed by atoms with Crippen LogP contribution in [0.2, 0.25) is 0 Å². The van der Waals surface area contributed by atoms with Crippen LogP contribution in [0.25, 0.3) is 11.4 Å². The molecular weight excluding hydrogens is 248 g/mol. The van der Waals surface area contributed by atoms with Crippen molar-refractivity contribution in [3.63, 3.8) is 0 Å². The summed E-state index contributed by atoms with van der Waals surface area (Å²) in [7, 11) is 1.34. The van der Waals surface area contributed by atoms with E-state index >= 15 is 0 Å². The van der Waals surface area contributed by atoms with Crippen molar-refractivity contribution >= 4 is 5.97 Å². The second kappa shape index (κ2) is 6.10. The lowest BCUT2D eigenvalue weighted by Crippen LogP contribution is -2.01. The summed E-state index contributed by atoms with van der Waals surface area (Å²) in [6.07, 6.45) is 0.550. The van der Waals surface area contributed by atoms with E-state index in [9.17, 15) is 4.79 Å². The number of aliphatic hydroxyl groups excluding tert-OH is 1. The molecule has 6 nitrogen and oxygen atoms in total. The lowest BCUT2D eigenvalue weighted by atomic mass is 10.1. The van der Waals surface area contributed by atoms with Gasteiger partial charge in [-0.2, -0.15) is 4.98 Å². The molecule has 2 rings (SSSR count). The molecule has 1 N–H and O–H groups in total. The Kier molecular flexibility index (Phi) is 4.25. The first-order chi connectivity index (χ1) is 9.22. The number of methoxy groups -OCH3 is 1. The summed E-state index contributed by atoms with van der Waals surface area (Å²) in [6, 6.07) is 7.23. The number of aliphatic hydroxyl groups is 1. The molecule has 0 saturated carbocycles. The van der Waals surface area contributed by atoms with Gasteiger partial charge in [0.1, 0.15) is 0 Å². The zero-order valence-corrected chi connectivity index (χ0v) is 10.5. The number of carbonyl (C=O) groups is 1. The molecule has 0 saturated heterocycles. The van der Waals surface area contributed by atoms with Gasteiger partial charge in [-0.25, -0.2) is 0 Å². The van der Waals surface area contributed by atoms with Crippen LogP contribution in [0, 0.1) is 0 Å². The Morgan fingerprint density at radius 3 is 3.05 bits per heavy atom. The van der Waals surface area contributed by atoms with Gasteiger partial charge in [0.25, 0.3) is 0 Å². The van der Waals surface area contributed by atoms with Gasteiger partial charge >= 0.3 is 5.97 Å². The van der Waals surface area contributed by atoms with Crippen LogP contribution in [-0.4, -0.2) is 28.3 Å². The molecule has 1 aromatic heterocycles. The van der Waals surface area contributed by atoms with Gasteiger partial charge in [0.05, 0.1) is 20.1 Å². The Balaban J connectivity index is 2.09. The van der Waals surface area contributed by atoms with E-state index in [2.05, 4.69) is 14.9 Å². The molecule has 19 heavy (non-hydrogen) atoms. The van der Waals surface area contributed by atoms with Crippen LogP contribution >= 0.6 is 0 Å². The van der Waals surface area contributed by atoms with Crippen LogP contribution in [-0.2, 0) is 22.6 Å². The second-order valence-electron chi connectivity index (χ2n) is 3.95. The highest BCUT2D eigenvalue weighted by Gasteiger charge is 2.10. The van der Waals surface area contributed by atoms with E-state index in [0.717, 1.165) is 11.1 Å². The van der Waals surface area contributed by atoms with Gasteiger partial charge in [0.15, 0.2) is 0 Å². The van der Waals surface area contributed by atoms with Crippen molar-refractivity contribution in [2.24, 2.45) is 0 Å². The van der Waals surface area contributed by atoms with Crippen molar-refractivity contribution in [3.8, 4) is 11.4 Å².